The number of nitrogens with zero attached hydrogens (tertiary/aromatic N) is 1. The minimum absolute atomic E-state index is 0.117. The predicted octanol–water partition coefficient (Wildman–Crippen LogP) is 1.68. The molecule has 2 aromatic rings. The number of likely N-dealkylation sites (N-methyl/N-ethyl adjacent to an activating group) is 1. The first-order valence-corrected chi connectivity index (χ1v) is 8.24. The van der Waals surface area contributed by atoms with Crippen LogP contribution in [0.4, 0.5) is 0 Å². The van der Waals surface area contributed by atoms with Gasteiger partial charge in [0.2, 0.25) is 0 Å². The highest BCUT2D eigenvalue weighted by atomic mass is 16.5. The standard InChI is InChI=1S/C19H21N3O5/c1-3-20-18(24)12-27-16-9-8-13(10-17(16)26-2)11-21-22-19(25)14-6-4-5-7-15(14)23/h4-11,23H,3,12H2,1-2H3,(H,20,24)(H,22,25)/b21-11-. The van der Waals surface area contributed by atoms with Crippen LogP contribution in [0, 0.1) is 0 Å². The average molecular weight is 371 g/mol. The number of phenolic OH excluding ortho intramolecular Hbond substituents is 1. The molecule has 0 bridgehead atoms. The van der Waals surface area contributed by atoms with E-state index in [1.165, 1.54) is 25.5 Å². The molecular weight excluding hydrogens is 350 g/mol. The summed E-state index contributed by atoms with van der Waals surface area (Å²) in [6.45, 7) is 2.24. The second-order valence-electron chi connectivity index (χ2n) is 5.37. The second-order valence-corrected chi connectivity index (χ2v) is 5.37. The molecule has 27 heavy (non-hydrogen) atoms. The molecule has 0 aliphatic heterocycles. The number of phenols is 1. The van der Waals surface area contributed by atoms with E-state index in [9.17, 15) is 14.7 Å². The lowest BCUT2D eigenvalue weighted by molar-refractivity contribution is -0.123. The Morgan fingerprint density at radius 3 is 2.67 bits per heavy atom. The van der Waals surface area contributed by atoms with Gasteiger partial charge in [0.15, 0.2) is 18.1 Å². The van der Waals surface area contributed by atoms with Crippen molar-refractivity contribution in [2.24, 2.45) is 5.10 Å². The zero-order valence-electron chi connectivity index (χ0n) is 15.1. The summed E-state index contributed by atoms with van der Waals surface area (Å²) in [5.41, 5.74) is 3.11. The molecule has 2 rings (SSSR count). The van der Waals surface area contributed by atoms with Gasteiger partial charge in [-0.25, -0.2) is 5.43 Å². The lowest BCUT2D eigenvalue weighted by atomic mass is 10.2. The first kappa shape index (κ1) is 19.8. The molecule has 0 unspecified atom stereocenters. The summed E-state index contributed by atoms with van der Waals surface area (Å²) in [6, 6.07) is 11.2. The van der Waals surface area contributed by atoms with E-state index < -0.39 is 5.91 Å². The monoisotopic (exact) mass is 371 g/mol. The molecule has 0 aliphatic carbocycles. The minimum Gasteiger partial charge on any atom is -0.507 e. The third-order valence-corrected chi connectivity index (χ3v) is 3.45. The molecule has 0 fully saturated rings. The van der Waals surface area contributed by atoms with Crippen molar-refractivity contribution in [1.82, 2.24) is 10.7 Å². The summed E-state index contributed by atoms with van der Waals surface area (Å²) in [5, 5.41) is 16.2. The summed E-state index contributed by atoms with van der Waals surface area (Å²) in [7, 11) is 1.48. The number of carbonyl (C=O) groups is 2. The van der Waals surface area contributed by atoms with Crippen LogP contribution in [0.2, 0.25) is 0 Å². The van der Waals surface area contributed by atoms with E-state index in [2.05, 4.69) is 15.8 Å². The number of hydrogen-bond acceptors (Lipinski definition) is 6. The van der Waals surface area contributed by atoms with E-state index in [0.717, 1.165) is 0 Å². The average Bonchev–Trinajstić information content (AvgIpc) is 2.67. The number of hydrazone groups is 1. The number of rotatable bonds is 8. The Morgan fingerprint density at radius 1 is 1.19 bits per heavy atom. The highest BCUT2D eigenvalue weighted by Crippen LogP contribution is 2.27. The fraction of sp³-hybridized carbons (Fsp3) is 0.211. The van der Waals surface area contributed by atoms with Gasteiger partial charge >= 0.3 is 0 Å². The van der Waals surface area contributed by atoms with Crippen molar-refractivity contribution in [1.29, 1.82) is 0 Å². The molecule has 0 aliphatic rings. The summed E-state index contributed by atoms with van der Waals surface area (Å²) in [5.74, 6) is -0.0369. The highest BCUT2D eigenvalue weighted by molar-refractivity contribution is 5.97. The van der Waals surface area contributed by atoms with Crippen molar-refractivity contribution in [3.63, 3.8) is 0 Å². The Labute approximate surface area is 156 Å². The van der Waals surface area contributed by atoms with Crippen LogP contribution in [0.15, 0.2) is 47.6 Å². The van der Waals surface area contributed by atoms with Crippen molar-refractivity contribution in [2.45, 2.75) is 6.92 Å². The highest BCUT2D eigenvalue weighted by Gasteiger charge is 2.09. The molecule has 0 saturated heterocycles. The fourth-order valence-corrected chi connectivity index (χ4v) is 2.17. The van der Waals surface area contributed by atoms with Gasteiger partial charge < -0.3 is 19.9 Å². The molecule has 0 radical (unpaired) electrons. The maximum atomic E-state index is 12.0. The molecule has 8 nitrogen and oxygen atoms in total. The van der Waals surface area contributed by atoms with E-state index in [1.54, 1.807) is 30.3 Å². The third kappa shape index (κ3) is 5.74. The van der Waals surface area contributed by atoms with Crippen LogP contribution in [0.1, 0.15) is 22.8 Å². The van der Waals surface area contributed by atoms with Gasteiger partial charge in [0.1, 0.15) is 5.75 Å². The summed E-state index contributed by atoms with van der Waals surface area (Å²) in [4.78, 5) is 23.4. The maximum Gasteiger partial charge on any atom is 0.275 e. The van der Waals surface area contributed by atoms with Gasteiger partial charge in [-0.15, -0.1) is 0 Å². The number of ether oxygens (including phenoxy) is 2. The number of methoxy groups -OCH3 is 1. The van der Waals surface area contributed by atoms with Gasteiger partial charge in [-0.1, -0.05) is 12.1 Å². The molecule has 142 valence electrons. The van der Waals surface area contributed by atoms with Crippen molar-refractivity contribution >= 4 is 18.0 Å². The molecular formula is C19H21N3O5. The molecule has 0 saturated carbocycles. The second kappa shape index (κ2) is 9.81. The molecule has 0 heterocycles. The van der Waals surface area contributed by atoms with Crippen LogP contribution in [0.3, 0.4) is 0 Å². The third-order valence-electron chi connectivity index (χ3n) is 3.45. The topological polar surface area (TPSA) is 109 Å². The normalized spacial score (nSPS) is 10.4. The maximum absolute atomic E-state index is 12.0. The molecule has 8 heteroatoms. The van der Waals surface area contributed by atoms with Crippen molar-refractivity contribution in [3.8, 4) is 17.2 Å². The molecule has 0 atom stereocenters. The van der Waals surface area contributed by atoms with Crippen molar-refractivity contribution < 1.29 is 24.2 Å². The van der Waals surface area contributed by atoms with Crippen LogP contribution in [0.25, 0.3) is 0 Å². The summed E-state index contributed by atoms with van der Waals surface area (Å²) < 4.78 is 10.7. The number of nitrogens with one attached hydrogen (secondary N) is 2. The van der Waals surface area contributed by atoms with E-state index in [0.29, 0.717) is 23.6 Å². The van der Waals surface area contributed by atoms with E-state index in [1.807, 2.05) is 6.92 Å². The minimum atomic E-state index is -0.529. The van der Waals surface area contributed by atoms with Gasteiger partial charge in [-0.3, -0.25) is 9.59 Å². The molecule has 2 aromatic carbocycles. The molecule has 0 spiro atoms. The lowest BCUT2D eigenvalue weighted by Crippen LogP contribution is -2.28. The van der Waals surface area contributed by atoms with Crippen LogP contribution < -0.4 is 20.2 Å². The number of carbonyl (C=O) groups excluding carboxylic acids is 2. The van der Waals surface area contributed by atoms with Crippen LogP contribution in [-0.4, -0.2) is 43.4 Å². The largest absolute Gasteiger partial charge is 0.507 e. The number of benzene rings is 2. The Balaban J connectivity index is 2.00. The Bertz CT molecular complexity index is 836. The SMILES string of the molecule is CCNC(=O)COc1ccc(/C=N\NC(=O)c2ccccc2O)cc1OC. The van der Waals surface area contributed by atoms with Gasteiger partial charge in [0, 0.05) is 6.54 Å². The summed E-state index contributed by atoms with van der Waals surface area (Å²) in [6.07, 6.45) is 1.42. The number of para-hydroxylation sites is 1. The van der Waals surface area contributed by atoms with Crippen LogP contribution in [0.5, 0.6) is 17.2 Å². The quantitative estimate of drug-likeness (QED) is 0.483. The molecule has 0 aromatic heterocycles. The van der Waals surface area contributed by atoms with E-state index in [4.69, 9.17) is 9.47 Å². The van der Waals surface area contributed by atoms with Crippen molar-refractivity contribution in [2.75, 3.05) is 20.3 Å². The zero-order chi connectivity index (χ0) is 19.6. The number of amides is 2. The van der Waals surface area contributed by atoms with E-state index in [-0.39, 0.29) is 23.8 Å². The smallest absolute Gasteiger partial charge is 0.275 e. The number of hydrogen-bond donors (Lipinski definition) is 3. The fourth-order valence-electron chi connectivity index (χ4n) is 2.17. The summed E-state index contributed by atoms with van der Waals surface area (Å²) >= 11 is 0. The number of aromatic hydroxyl groups is 1. The predicted molar refractivity (Wildman–Crippen MR) is 100 cm³/mol. The van der Waals surface area contributed by atoms with Crippen molar-refractivity contribution in [3.05, 3.63) is 53.6 Å². The van der Waals surface area contributed by atoms with Crippen LogP contribution in [-0.2, 0) is 4.79 Å². The van der Waals surface area contributed by atoms with E-state index >= 15 is 0 Å². The Morgan fingerprint density at radius 2 is 1.96 bits per heavy atom. The van der Waals surface area contributed by atoms with Crippen LogP contribution >= 0.6 is 0 Å². The molecule has 3 N–H and O–H groups in total. The van der Waals surface area contributed by atoms with Gasteiger partial charge in [0.25, 0.3) is 11.8 Å². The lowest BCUT2D eigenvalue weighted by Gasteiger charge is -2.11. The molecule has 2 amide bonds. The van der Waals surface area contributed by atoms with Gasteiger partial charge in [0.05, 0.1) is 18.9 Å². The Hall–Kier alpha value is -3.55. The van der Waals surface area contributed by atoms with Gasteiger partial charge in [-0.2, -0.15) is 5.10 Å². The Kier molecular flexibility index (Phi) is 7.18. The first-order chi connectivity index (χ1) is 13.0. The zero-order valence-corrected chi connectivity index (χ0v) is 15.1. The van der Waals surface area contributed by atoms with Gasteiger partial charge in [-0.05, 0) is 42.8 Å². The first-order valence-electron chi connectivity index (χ1n) is 8.24.